The molecule has 152 valence electrons. The average molecular weight is 594 g/mol. The van der Waals surface area contributed by atoms with Crippen molar-refractivity contribution >= 4 is 43.6 Å². The number of hydrogen-bond acceptors (Lipinski definition) is 7. The van der Waals surface area contributed by atoms with Crippen LogP contribution in [-0.2, 0) is 28.9 Å². The summed E-state index contributed by atoms with van der Waals surface area (Å²) in [6.07, 6.45) is 1.26. The SMILES string of the molecule is CC(=O)[O][Pb]([O]C(C)=O)([O]C(C)=O)[c]1cccc2c1OC(c1ccccc1)CC2. The van der Waals surface area contributed by atoms with Gasteiger partial charge in [-0.25, -0.2) is 0 Å². The molecule has 2 aromatic rings. The molecule has 0 spiro atoms. The van der Waals surface area contributed by atoms with Crippen LogP contribution in [0.15, 0.2) is 48.5 Å². The van der Waals surface area contributed by atoms with Crippen molar-refractivity contribution in [1.29, 1.82) is 0 Å². The van der Waals surface area contributed by atoms with Gasteiger partial charge in [-0.15, -0.1) is 0 Å². The van der Waals surface area contributed by atoms with Crippen molar-refractivity contribution in [2.24, 2.45) is 0 Å². The second-order valence-electron chi connectivity index (χ2n) is 6.69. The third-order valence-corrected chi connectivity index (χ3v) is 14.9. The first-order valence-corrected chi connectivity index (χ1v) is 15.9. The Kier molecular flexibility index (Phi) is 6.56. The Bertz CT molecular complexity index is 885. The van der Waals surface area contributed by atoms with E-state index in [1.54, 1.807) is 12.1 Å². The van der Waals surface area contributed by atoms with Gasteiger partial charge in [0, 0.05) is 0 Å². The standard InChI is InChI=1S/C15H13O.3C2H4O2.Pb/c1-2-6-12(7-3-1)15-11-10-13-8-4-5-9-14(13)16-15;3*1-2(3)4;/h1-8,15H,10-11H2;3*1H3,(H,3,4);/q;;;;+3/p-3. The number of carbonyl (C=O) groups excluding carboxylic acids is 3. The van der Waals surface area contributed by atoms with Gasteiger partial charge in [0.25, 0.3) is 0 Å². The number of fused-ring (bicyclic) bond motifs is 1. The van der Waals surface area contributed by atoms with Crippen LogP contribution in [0.2, 0.25) is 0 Å². The van der Waals surface area contributed by atoms with E-state index in [1.807, 2.05) is 36.4 Å². The number of ether oxygens (including phenoxy) is 1. The van der Waals surface area contributed by atoms with E-state index in [9.17, 15) is 14.4 Å². The zero-order valence-corrected chi connectivity index (χ0v) is 20.4. The predicted octanol–water partition coefficient (Wildman–Crippen LogP) is 2.59. The van der Waals surface area contributed by atoms with Gasteiger partial charge in [0.15, 0.2) is 0 Å². The van der Waals surface area contributed by atoms with Gasteiger partial charge in [0.2, 0.25) is 0 Å². The van der Waals surface area contributed by atoms with Crippen molar-refractivity contribution in [2.45, 2.75) is 39.7 Å². The summed E-state index contributed by atoms with van der Waals surface area (Å²) >= 11 is -5.37. The van der Waals surface area contributed by atoms with Crippen molar-refractivity contribution in [3.63, 3.8) is 0 Å². The number of rotatable bonds is 5. The minimum atomic E-state index is -5.37. The van der Waals surface area contributed by atoms with Gasteiger partial charge in [-0.3, -0.25) is 0 Å². The van der Waals surface area contributed by atoms with Crippen LogP contribution in [0.3, 0.4) is 0 Å². The average Bonchev–Trinajstić information content (AvgIpc) is 2.66. The molecule has 0 amide bonds. The summed E-state index contributed by atoms with van der Waals surface area (Å²) in [5.41, 5.74) is 1.88. The summed E-state index contributed by atoms with van der Waals surface area (Å²) in [6, 6.07) is 15.0. The van der Waals surface area contributed by atoms with Gasteiger partial charge >= 0.3 is 176 Å². The number of benzene rings is 2. The molecule has 2 aromatic carbocycles. The summed E-state index contributed by atoms with van der Waals surface area (Å²) in [7, 11) is 0. The molecule has 0 fully saturated rings. The van der Waals surface area contributed by atoms with Crippen LogP contribution in [0.1, 0.15) is 44.4 Å². The van der Waals surface area contributed by atoms with Gasteiger partial charge in [-0.05, 0) is 0 Å². The molecule has 0 aromatic heterocycles. The molecular formula is C21H22O7Pb. The van der Waals surface area contributed by atoms with Gasteiger partial charge in [-0.1, -0.05) is 0 Å². The third-order valence-electron chi connectivity index (χ3n) is 4.37. The summed E-state index contributed by atoms with van der Waals surface area (Å²) in [5, 5.41) is 0. The van der Waals surface area contributed by atoms with E-state index < -0.39 is 40.4 Å². The summed E-state index contributed by atoms with van der Waals surface area (Å²) < 4.78 is 23.0. The Morgan fingerprint density at radius 3 is 2.00 bits per heavy atom. The number of carbonyl (C=O) groups is 3. The Morgan fingerprint density at radius 1 is 0.862 bits per heavy atom. The van der Waals surface area contributed by atoms with Gasteiger partial charge in [-0.2, -0.15) is 0 Å². The molecule has 3 rings (SSSR count). The zero-order valence-electron chi connectivity index (χ0n) is 16.5. The van der Waals surface area contributed by atoms with Crippen molar-refractivity contribution in [3.8, 4) is 5.75 Å². The Balaban J connectivity index is 2.11. The zero-order chi connectivity index (χ0) is 21.0. The van der Waals surface area contributed by atoms with E-state index >= 15 is 0 Å². The van der Waals surface area contributed by atoms with Crippen molar-refractivity contribution in [3.05, 3.63) is 59.7 Å². The van der Waals surface area contributed by atoms with Crippen LogP contribution >= 0.6 is 0 Å². The molecule has 29 heavy (non-hydrogen) atoms. The second-order valence-corrected chi connectivity index (χ2v) is 15.5. The van der Waals surface area contributed by atoms with Crippen LogP contribution in [0, 0.1) is 0 Å². The molecule has 0 bridgehead atoms. The molecule has 1 aliphatic heterocycles. The van der Waals surface area contributed by atoms with E-state index in [0.717, 1.165) is 17.5 Å². The van der Waals surface area contributed by atoms with Crippen LogP contribution in [-0.4, -0.2) is 40.4 Å². The van der Waals surface area contributed by atoms with Crippen LogP contribution < -0.4 is 7.86 Å². The number of para-hydroxylation sites is 1. The number of aryl methyl sites for hydroxylation is 1. The maximum atomic E-state index is 11.9. The Labute approximate surface area is 175 Å². The molecule has 1 aliphatic rings. The quantitative estimate of drug-likeness (QED) is 0.493. The van der Waals surface area contributed by atoms with Crippen molar-refractivity contribution in [1.82, 2.24) is 0 Å². The first-order valence-electron chi connectivity index (χ1n) is 9.23. The monoisotopic (exact) mass is 594 g/mol. The molecule has 1 heterocycles. The van der Waals surface area contributed by atoms with Gasteiger partial charge in [0.1, 0.15) is 0 Å². The van der Waals surface area contributed by atoms with Gasteiger partial charge in [0.05, 0.1) is 0 Å². The fourth-order valence-electron chi connectivity index (χ4n) is 3.35. The van der Waals surface area contributed by atoms with Crippen LogP contribution in [0.25, 0.3) is 0 Å². The predicted molar refractivity (Wildman–Crippen MR) is 105 cm³/mol. The molecule has 0 aliphatic carbocycles. The van der Waals surface area contributed by atoms with E-state index in [0.29, 0.717) is 15.3 Å². The summed E-state index contributed by atoms with van der Waals surface area (Å²) in [4.78, 5) is 35.6. The molecule has 0 radical (unpaired) electrons. The summed E-state index contributed by atoms with van der Waals surface area (Å²) in [6.45, 7) is 3.56. The molecule has 1 unspecified atom stereocenters. The molecule has 8 heteroatoms. The van der Waals surface area contributed by atoms with Gasteiger partial charge < -0.3 is 0 Å². The summed E-state index contributed by atoms with van der Waals surface area (Å²) in [5.74, 6) is -1.62. The fourth-order valence-corrected chi connectivity index (χ4v) is 12.6. The molecule has 0 saturated carbocycles. The van der Waals surface area contributed by atoms with Crippen LogP contribution in [0.5, 0.6) is 5.75 Å². The van der Waals surface area contributed by atoms with Crippen LogP contribution in [0.4, 0.5) is 0 Å². The maximum absolute atomic E-state index is 11.9. The van der Waals surface area contributed by atoms with E-state index in [-0.39, 0.29) is 6.10 Å². The van der Waals surface area contributed by atoms with E-state index in [2.05, 4.69) is 0 Å². The topological polar surface area (TPSA) is 88.1 Å². The minimum absolute atomic E-state index is 0.220. The van der Waals surface area contributed by atoms with Crippen molar-refractivity contribution < 1.29 is 27.2 Å². The molecule has 0 N–H and O–H groups in total. The normalized spacial score (nSPS) is 15.5. The molecule has 7 nitrogen and oxygen atoms in total. The van der Waals surface area contributed by atoms with Crippen molar-refractivity contribution in [2.75, 3.05) is 0 Å². The van der Waals surface area contributed by atoms with E-state index in [4.69, 9.17) is 12.8 Å². The fraction of sp³-hybridized carbons (Fsp3) is 0.286. The molecule has 1 atom stereocenters. The third kappa shape index (κ3) is 4.95. The first kappa shape index (κ1) is 21.3. The molecular weight excluding hydrogens is 571 g/mol. The first-order chi connectivity index (χ1) is 13.8. The Hall–Kier alpha value is -2.43. The second kappa shape index (κ2) is 8.93. The number of hydrogen-bond donors (Lipinski definition) is 0. The molecule has 0 saturated heterocycles. The Morgan fingerprint density at radius 2 is 1.45 bits per heavy atom. The van der Waals surface area contributed by atoms with E-state index in [1.165, 1.54) is 20.8 Å².